The number of nitrogens with zero attached hydrogens (tertiary/aromatic N) is 5. The van der Waals surface area contributed by atoms with Crippen LogP contribution in [-0.2, 0) is 0 Å². The van der Waals surface area contributed by atoms with Crippen LogP contribution in [0, 0.1) is 0 Å². The normalized spacial score (nSPS) is 16.1. The molecule has 2 aromatic heterocycles. The van der Waals surface area contributed by atoms with Gasteiger partial charge in [0.1, 0.15) is 35.6 Å². The van der Waals surface area contributed by atoms with Crippen molar-refractivity contribution >= 4 is 22.6 Å². The van der Waals surface area contributed by atoms with E-state index in [0.29, 0.717) is 11.7 Å². The molecule has 1 atom stereocenters. The van der Waals surface area contributed by atoms with Gasteiger partial charge in [-0.2, -0.15) is 0 Å². The number of aliphatic hydroxyl groups excluding tert-OH is 1. The lowest BCUT2D eigenvalue weighted by Gasteiger charge is -2.33. The average Bonchev–Trinajstić information content (AvgIpc) is 3.26. The molecule has 1 aliphatic heterocycles. The minimum Gasteiger partial charge on any atom is -0.491 e. The lowest BCUT2D eigenvalue weighted by Crippen LogP contribution is -2.47. The third-order valence-corrected chi connectivity index (χ3v) is 6.53. The van der Waals surface area contributed by atoms with Crippen molar-refractivity contribution in [3.05, 3.63) is 72.3 Å². The first-order chi connectivity index (χ1) is 16.6. The maximum atomic E-state index is 10.4. The van der Waals surface area contributed by atoms with Crippen molar-refractivity contribution in [2.45, 2.75) is 6.10 Å². The van der Waals surface area contributed by atoms with E-state index in [1.165, 1.54) is 6.33 Å². The van der Waals surface area contributed by atoms with Crippen LogP contribution in [0.1, 0.15) is 0 Å². The van der Waals surface area contributed by atoms with Gasteiger partial charge in [-0.15, -0.1) is 0 Å². The summed E-state index contributed by atoms with van der Waals surface area (Å²) in [5.41, 5.74) is 3.70. The SMILES string of the molecule is CN1CCN(CC(O)COc2ccc(-c3cn(-c4ccccc4)c4ncnc(Cl)c34)cc2)CC1. The second kappa shape index (κ2) is 10.1. The van der Waals surface area contributed by atoms with Gasteiger partial charge in [0.2, 0.25) is 0 Å². The summed E-state index contributed by atoms with van der Waals surface area (Å²) in [5.74, 6) is 0.718. The zero-order chi connectivity index (χ0) is 23.5. The van der Waals surface area contributed by atoms with Crippen molar-refractivity contribution in [2.75, 3.05) is 46.4 Å². The fourth-order valence-electron chi connectivity index (χ4n) is 4.33. The number of likely N-dealkylation sites (N-methyl/N-ethyl adjacent to an activating group) is 1. The Labute approximate surface area is 204 Å². The number of piperazine rings is 1. The highest BCUT2D eigenvalue weighted by atomic mass is 35.5. The third kappa shape index (κ3) is 4.93. The van der Waals surface area contributed by atoms with E-state index in [1.54, 1.807) is 0 Å². The Balaban J connectivity index is 1.31. The van der Waals surface area contributed by atoms with E-state index in [9.17, 15) is 5.11 Å². The van der Waals surface area contributed by atoms with Gasteiger partial charge in [0.25, 0.3) is 0 Å². The topological polar surface area (TPSA) is 66.7 Å². The highest BCUT2D eigenvalue weighted by Gasteiger charge is 2.18. The largest absolute Gasteiger partial charge is 0.491 e. The van der Waals surface area contributed by atoms with E-state index in [4.69, 9.17) is 16.3 Å². The molecule has 0 saturated carbocycles. The summed E-state index contributed by atoms with van der Waals surface area (Å²) in [6.45, 7) is 4.91. The first-order valence-electron chi connectivity index (χ1n) is 11.5. The molecule has 0 aliphatic carbocycles. The number of hydrogen-bond donors (Lipinski definition) is 1. The molecule has 2 aromatic carbocycles. The average molecular weight is 478 g/mol. The molecule has 0 radical (unpaired) electrons. The smallest absolute Gasteiger partial charge is 0.150 e. The van der Waals surface area contributed by atoms with Gasteiger partial charge in [-0.05, 0) is 36.9 Å². The molecule has 0 amide bonds. The maximum absolute atomic E-state index is 10.4. The number of aliphatic hydroxyl groups is 1. The van der Waals surface area contributed by atoms with Crippen molar-refractivity contribution < 1.29 is 9.84 Å². The summed E-state index contributed by atoms with van der Waals surface area (Å²) in [4.78, 5) is 13.3. The van der Waals surface area contributed by atoms with Crippen LogP contribution in [0.25, 0.3) is 27.8 Å². The number of halogens is 1. The molecule has 0 spiro atoms. The minimum absolute atomic E-state index is 0.263. The Bertz CT molecular complexity index is 1240. The molecular weight excluding hydrogens is 450 g/mol. The van der Waals surface area contributed by atoms with Gasteiger partial charge in [-0.1, -0.05) is 41.9 Å². The van der Waals surface area contributed by atoms with Crippen molar-refractivity contribution in [3.63, 3.8) is 0 Å². The second-order valence-corrected chi connectivity index (χ2v) is 9.06. The molecule has 176 valence electrons. The van der Waals surface area contributed by atoms with Crippen LogP contribution in [0.15, 0.2) is 67.1 Å². The Morgan fingerprint density at radius 2 is 1.74 bits per heavy atom. The molecule has 4 aromatic rings. The monoisotopic (exact) mass is 477 g/mol. The Hall–Kier alpha value is -2.97. The lowest BCUT2D eigenvalue weighted by atomic mass is 10.1. The predicted octanol–water partition coefficient (Wildman–Crippen LogP) is 3.73. The van der Waals surface area contributed by atoms with E-state index in [-0.39, 0.29) is 6.61 Å². The number of ether oxygens (including phenoxy) is 1. The molecule has 1 aliphatic rings. The van der Waals surface area contributed by atoms with Gasteiger partial charge in [-0.25, -0.2) is 9.97 Å². The number of hydrogen-bond acceptors (Lipinski definition) is 6. The Kier molecular flexibility index (Phi) is 6.78. The molecule has 1 unspecified atom stereocenters. The van der Waals surface area contributed by atoms with Crippen LogP contribution in [0.3, 0.4) is 0 Å². The van der Waals surface area contributed by atoms with E-state index in [1.807, 2.05) is 65.4 Å². The fraction of sp³-hybridized carbons (Fsp3) is 0.308. The number of fused-ring (bicyclic) bond motifs is 1. The summed E-state index contributed by atoms with van der Waals surface area (Å²) in [5, 5.41) is 11.6. The first-order valence-corrected chi connectivity index (χ1v) is 11.9. The van der Waals surface area contributed by atoms with Crippen molar-refractivity contribution in [1.82, 2.24) is 24.3 Å². The molecule has 1 fully saturated rings. The molecule has 34 heavy (non-hydrogen) atoms. The number of para-hydroxylation sites is 1. The van der Waals surface area contributed by atoms with Crippen LogP contribution in [0.5, 0.6) is 5.75 Å². The van der Waals surface area contributed by atoms with Crippen LogP contribution in [0.4, 0.5) is 0 Å². The maximum Gasteiger partial charge on any atom is 0.150 e. The van der Waals surface area contributed by atoms with Crippen LogP contribution < -0.4 is 4.74 Å². The van der Waals surface area contributed by atoms with E-state index < -0.39 is 6.10 Å². The zero-order valence-corrected chi connectivity index (χ0v) is 19.9. The molecule has 1 N–H and O–H groups in total. The highest BCUT2D eigenvalue weighted by molar-refractivity contribution is 6.35. The molecule has 5 rings (SSSR count). The van der Waals surface area contributed by atoms with Gasteiger partial charge in [-0.3, -0.25) is 4.90 Å². The Morgan fingerprint density at radius 1 is 1.00 bits per heavy atom. The number of benzene rings is 2. The van der Waals surface area contributed by atoms with Gasteiger partial charge < -0.3 is 19.3 Å². The van der Waals surface area contributed by atoms with Crippen LogP contribution in [0.2, 0.25) is 5.15 Å². The second-order valence-electron chi connectivity index (χ2n) is 8.70. The molecular formula is C26H28ClN5O2. The van der Waals surface area contributed by atoms with Crippen molar-refractivity contribution in [1.29, 1.82) is 0 Å². The molecule has 8 heteroatoms. The van der Waals surface area contributed by atoms with Gasteiger partial charge in [0.15, 0.2) is 0 Å². The Morgan fingerprint density at radius 3 is 2.47 bits per heavy atom. The zero-order valence-electron chi connectivity index (χ0n) is 19.1. The number of β-amino-alcohol motifs (C(OH)–C–C–N with tert-alkyl or cyclic N) is 1. The van der Waals surface area contributed by atoms with Gasteiger partial charge >= 0.3 is 0 Å². The summed E-state index contributed by atoms with van der Waals surface area (Å²) >= 11 is 6.49. The lowest BCUT2D eigenvalue weighted by molar-refractivity contribution is 0.0505. The quantitative estimate of drug-likeness (QED) is 0.409. The standard InChI is InChI=1S/C26H28ClN5O2/c1-30-11-13-31(14-12-30)15-21(33)17-34-22-9-7-19(8-10-22)23-16-32(20-5-3-2-4-6-20)26-24(23)25(27)28-18-29-26/h2-10,16,18,21,33H,11-15,17H2,1H3. The van der Waals surface area contributed by atoms with Crippen LogP contribution in [-0.4, -0.2) is 81.9 Å². The summed E-state index contributed by atoms with van der Waals surface area (Å²) < 4.78 is 7.89. The van der Waals surface area contributed by atoms with E-state index in [0.717, 1.165) is 59.8 Å². The molecule has 1 saturated heterocycles. The summed E-state index contributed by atoms with van der Waals surface area (Å²) in [6, 6.07) is 17.9. The van der Waals surface area contributed by atoms with Crippen LogP contribution >= 0.6 is 11.6 Å². The van der Waals surface area contributed by atoms with Gasteiger partial charge in [0.05, 0.1) is 5.39 Å². The van der Waals surface area contributed by atoms with Gasteiger partial charge in [0, 0.05) is 50.2 Å². The third-order valence-electron chi connectivity index (χ3n) is 6.24. The van der Waals surface area contributed by atoms with E-state index >= 15 is 0 Å². The number of aromatic nitrogens is 3. The molecule has 3 heterocycles. The highest BCUT2D eigenvalue weighted by Crippen LogP contribution is 2.35. The minimum atomic E-state index is -0.525. The van der Waals surface area contributed by atoms with Crippen molar-refractivity contribution in [2.24, 2.45) is 0 Å². The number of rotatable bonds is 7. The molecule has 7 nitrogen and oxygen atoms in total. The first kappa shape index (κ1) is 22.8. The molecule has 0 bridgehead atoms. The summed E-state index contributed by atoms with van der Waals surface area (Å²) in [6.07, 6.45) is 3.00. The summed E-state index contributed by atoms with van der Waals surface area (Å²) in [7, 11) is 2.13. The predicted molar refractivity (Wildman–Crippen MR) is 135 cm³/mol. The van der Waals surface area contributed by atoms with Crippen molar-refractivity contribution in [3.8, 4) is 22.6 Å². The fourth-order valence-corrected chi connectivity index (χ4v) is 4.56. The van der Waals surface area contributed by atoms with E-state index in [2.05, 4.69) is 26.8 Å².